The van der Waals surface area contributed by atoms with Gasteiger partial charge in [0.25, 0.3) is 0 Å². The zero-order valence-corrected chi connectivity index (χ0v) is 14.8. The second kappa shape index (κ2) is 7.39. The van der Waals surface area contributed by atoms with Crippen molar-refractivity contribution in [2.24, 2.45) is 5.92 Å². The molecule has 1 aromatic rings. The minimum absolute atomic E-state index is 0.0429. The molecule has 0 aliphatic carbocycles. The van der Waals surface area contributed by atoms with Crippen LogP contribution in [0.15, 0.2) is 18.2 Å². The highest BCUT2D eigenvalue weighted by atomic mass is 16.6. The van der Waals surface area contributed by atoms with Crippen molar-refractivity contribution in [3.05, 3.63) is 33.9 Å². The summed E-state index contributed by atoms with van der Waals surface area (Å²) in [6.45, 7) is 2.31. The van der Waals surface area contributed by atoms with E-state index in [1.807, 2.05) is 0 Å². The van der Waals surface area contributed by atoms with Crippen LogP contribution in [-0.2, 0) is 11.3 Å². The van der Waals surface area contributed by atoms with E-state index in [4.69, 9.17) is 4.74 Å². The first-order valence-corrected chi connectivity index (χ1v) is 8.80. The highest BCUT2D eigenvalue weighted by Crippen LogP contribution is 2.32. The lowest BCUT2D eigenvalue weighted by Gasteiger charge is -2.28. The van der Waals surface area contributed by atoms with Crippen molar-refractivity contribution in [1.29, 1.82) is 0 Å². The Hall–Kier alpha value is -2.15. The third-order valence-electron chi connectivity index (χ3n) is 5.35. The number of carbonyl (C=O) groups excluding carboxylic acids is 1. The lowest BCUT2D eigenvalue weighted by molar-refractivity contribution is -0.385. The van der Waals surface area contributed by atoms with E-state index in [9.17, 15) is 14.9 Å². The zero-order valence-electron chi connectivity index (χ0n) is 14.8. The summed E-state index contributed by atoms with van der Waals surface area (Å²) in [5.41, 5.74) is 0.665. The summed E-state index contributed by atoms with van der Waals surface area (Å²) in [6, 6.07) is 5.40. The van der Waals surface area contributed by atoms with Gasteiger partial charge in [0, 0.05) is 32.2 Å². The van der Waals surface area contributed by atoms with Crippen molar-refractivity contribution < 1.29 is 14.5 Å². The van der Waals surface area contributed by atoms with E-state index in [2.05, 4.69) is 4.90 Å². The van der Waals surface area contributed by atoms with Gasteiger partial charge >= 0.3 is 5.69 Å². The zero-order chi connectivity index (χ0) is 18.0. The van der Waals surface area contributed by atoms with Crippen LogP contribution >= 0.6 is 0 Å². The molecule has 2 fully saturated rings. The number of nitrogens with zero attached hydrogens (tertiary/aromatic N) is 3. The second-order valence-electron chi connectivity index (χ2n) is 7.03. The third-order valence-corrected chi connectivity index (χ3v) is 5.35. The fourth-order valence-electron chi connectivity index (χ4n) is 4.07. The molecule has 0 bridgehead atoms. The number of hydrogen-bond acceptors (Lipinski definition) is 5. The van der Waals surface area contributed by atoms with Crippen LogP contribution in [0, 0.1) is 16.0 Å². The topological polar surface area (TPSA) is 75.9 Å². The van der Waals surface area contributed by atoms with Gasteiger partial charge in [0.1, 0.15) is 0 Å². The van der Waals surface area contributed by atoms with Crippen LogP contribution in [0.5, 0.6) is 5.75 Å². The molecule has 1 aromatic carbocycles. The van der Waals surface area contributed by atoms with Crippen LogP contribution in [0.3, 0.4) is 0 Å². The molecule has 2 heterocycles. The molecule has 0 saturated carbocycles. The minimum Gasteiger partial charge on any atom is -0.490 e. The van der Waals surface area contributed by atoms with Gasteiger partial charge in [0.15, 0.2) is 5.75 Å². The molecule has 3 rings (SSSR count). The van der Waals surface area contributed by atoms with E-state index in [1.165, 1.54) is 32.4 Å². The molecular formula is C18H25N3O4. The summed E-state index contributed by atoms with van der Waals surface area (Å²) in [5.74, 6) is 0.407. The molecule has 2 aliphatic rings. The normalized spacial score (nSPS) is 23.1. The summed E-state index contributed by atoms with van der Waals surface area (Å²) in [6.07, 6.45) is 4.61. The Morgan fingerprint density at radius 1 is 1.44 bits per heavy atom. The number of ether oxygens (including phenoxy) is 1. The highest BCUT2D eigenvalue weighted by Gasteiger charge is 2.38. The van der Waals surface area contributed by atoms with Gasteiger partial charge in [-0.25, -0.2) is 0 Å². The van der Waals surface area contributed by atoms with Crippen molar-refractivity contribution >= 4 is 11.6 Å². The van der Waals surface area contributed by atoms with Gasteiger partial charge in [-0.3, -0.25) is 19.8 Å². The number of benzene rings is 1. The molecule has 2 aliphatic heterocycles. The van der Waals surface area contributed by atoms with Crippen LogP contribution in [0.2, 0.25) is 0 Å². The number of nitro benzene ring substituents is 1. The maximum atomic E-state index is 12.8. The van der Waals surface area contributed by atoms with Crippen molar-refractivity contribution in [1.82, 2.24) is 9.80 Å². The lowest BCUT2D eigenvalue weighted by atomic mass is 9.99. The van der Waals surface area contributed by atoms with E-state index >= 15 is 0 Å². The first kappa shape index (κ1) is 17.7. The Balaban J connectivity index is 1.65. The minimum atomic E-state index is -0.459. The molecule has 2 atom stereocenters. The van der Waals surface area contributed by atoms with Crippen LogP contribution in [-0.4, -0.2) is 53.9 Å². The number of piperidine rings is 1. The standard InChI is InChI=1S/C18H25N3O4/c1-19(11-13-6-7-17(25-2)16(9-13)21(23)24)18(22)14-10-15-5-3-4-8-20(15)12-14/h6-7,9,14-15H,3-5,8,10-12H2,1-2H3. The first-order valence-electron chi connectivity index (χ1n) is 8.80. The van der Waals surface area contributed by atoms with Crippen LogP contribution in [0.4, 0.5) is 5.69 Å². The molecule has 7 nitrogen and oxygen atoms in total. The molecule has 0 spiro atoms. The summed E-state index contributed by atoms with van der Waals surface area (Å²) in [4.78, 5) is 27.6. The summed E-state index contributed by atoms with van der Waals surface area (Å²) in [5, 5.41) is 11.1. The molecule has 1 amide bonds. The third kappa shape index (κ3) is 3.76. The molecule has 136 valence electrons. The molecule has 2 saturated heterocycles. The Morgan fingerprint density at radius 3 is 2.92 bits per heavy atom. The van der Waals surface area contributed by atoms with Crippen molar-refractivity contribution in [2.75, 3.05) is 27.2 Å². The van der Waals surface area contributed by atoms with E-state index in [-0.39, 0.29) is 23.3 Å². The van der Waals surface area contributed by atoms with E-state index < -0.39 is 4.92 Å². The SMILES string of the molecule is COc1ccc(CN(C)C(=O)C2CC3CCCCN3C2)cc1[N+](=O)[O-]. The van der Waals surface area contributed by atoms with Crippen molar-refractivity contribution in [3.8, 4) is 5.75 Å². The number of methoxy groups -OCH3 is 1. The Kier molecular flexibility index (Phi) is 5.22. The predicted molar refractivity (Wildman–Crippen MR) is 93.4 cm³/mol. The monoisotopic (exact) mass is 347 g/mol. The highest BCUT2D eigenvalue weighted by molar-refractivity contribution is 5.79. The largest absolute Gasteiger partial charge is 0.490 e. The molecule has 0 radical (unpaired) electrons. The number of hydrogen-bond donors (Lipinski definition) is 0. The number of nitro groups is 1. The van der Waals surface area contributed by atoms with Crippen molar-refractivity contribution in [2.45, 2.75) is 38.3 Å². The van der Waals surface area contributed by atoms with E-state index in [0.29, 0.717) is 12.6 Å². The molecule has 0 N–H and O–H groups in total. The van der Waals surface area contributed by atoms with E-state index in [1.54, 1.807) is 24.1 Å². The number of rotatable bonds is 5. The molecule has 25 heavy (non-hydrogen) atoms. The summed E-state index contributed by atoms with van der Waals surface area (Å²) in [7, 11) is 3.18. The Labute approximate surface area is 147 Å². The summed E-state index contributed by atoms with van der Waals surface area (Å²) < 4.78 is 5.02. The van der Waals surface area contributed by atoms with Gasteiger partial charge in [0.2, 0.25) is 5.91 Å². The lowest BCUT2D eigenvalue weighted by Crippen LogP contribution is -2.36. The maximum absolute atomic E-state index is 12.8. The van der Waals surface area contributed by atoms with Gasteiger partial charge < -0.3 is 9.64 Å². The molecule has 0 aromatic heterocycles. The van der Waals surface area contributed by atoms with Crippen LogP contribution < -0.4 is 4.74 Å². The number of amides is 1. The van der Waals surface area contributed by atoms with Gasteiger partial charge in [-0.15, -0.1) is 0 Å². The van der Waals surface area contributed by atoms with Gasteiger partial charge in [0.05, 0.1) is 18.0 Å². The van der Waals surface area contributed by atoms with Gasteiger partial charge in [-0.05, 0) is 37.4 Å². The number of carbonyl (C=O) groups is 1. The molecule has 2 unspecified atom stereocenters. The Morgan fingerprint density at radius 2 is 2.24 bits per heavy atom. The van der Waals surface area contributed by atoms with E-state index in [0.717, 1.165) is 25.1 Å². The average Bonchev–Trinajstić information content (AvgIpc) is 3.04. The van der Waals surface area contributed by atoms with Crippen LogP contribution in [0.1, 0.15) is 31.2 Å². The first-order chi connectivity index (χ1) is 12.0. The number of fused-ring (bicyclic) bond motifs is 1. The Bertz CT molecular complexity index is 650. The maximum Gasteiger partial charge on any atom is 0.311 e. The predicted octanol–water partition coefficient (Wildman–Crippen LogP) is 2.44. The van der Waals surface area contributed by atoms with Crippen LogP contribution in [0.25, 0.3) is 0 Å². The smallest absolute Gasteiger partial charge is 0.311 e. The molecule has 7 heteroatoms. The fourth-order valence-corrected chi connectivity index (χ4v) is 4.07. The molecular weight excluding hydrogens is 322 g/mol. The second-order valence-corrected chi connectivity index (χ2v) is 7.03. The van der Waals surface area contributed by atoms with Gasteiger partial charge in [-0.2, -0.15) is 0 Å². The fraction of sp³-hybridized carbons (Fsp3) is 0.611. The summed E-state index contributed by atoms with van der Waals surface area (Å²) >= 11 is 0. The quantitative estimate of drug-likeness (QED) is 0.604. The average molecular weight is 347 g/mol. The van der Waals surface area contributed by atoms with Gasteiger partial charge in [-0.1, -0.05) is 12.5 Å². The van der Waals surface area contributed by atoms with Crippen molar-refractivity contribution in [3.63, 3.8) is 0 Å².